The Labute approximate surface area is 231 Å². The molecular formula is C29H41FN4O4S. The average molecular weight is 561 g/mol. The first-order valence-electron chi connectivity index (χ1n) is 13.8. The lowest BCUT2D eigenvalue weighted by Gasteiger charge is -2.31. The van der Waals surface area contributed by atoms with Gasteiger partial charge < -0.3 is 14.6 Å². The molecule has 8 nitrogen and oxygen atoms in total. The molecule has 1 unspecified atom stereocenters. The van der Waals surface area contributed by atoms with Crippen molar-refractivity contribution in [2.45, 2.75) is 77.8 Å². The Morgan fingerprint density at radius 2 is 1.79 bits per heavy atom. The topological polar surface area (TPSA) is 116 Å². The fourth-order valence-electron chi connectivity index (χ4n) is 4.90. The molecule has 4 rings (SSSR count). The second-order valence-electron chi connectivity index (χ2n) is 11.4. The maximum atomic E-state index is 14.4. The normalized spacial score (nSPS) is 22.8. The van der Waals surface area contributed by atoms with E-state index in [2.05, 4.69) is 19.2 Å². The molecule has 1 amide bonds. The summed E-state index contributed by atoms with van der Waals surface area (Å²) in [6, 6.07) is 9.61. The van der Waals surface area contributed by atoms with Gasteiger partial charge in [0.05, 0.1) is 23.3 Å². The largest absolute Gasteiger partial charge is 0.440 e. The van der Waals surface area contributed by atoms with Gasteiger partial charge in [-0.1, -0.05) is 41.0 Å². The van der Waals surface area contributed by atoms with E-state index in [4.69, 9.17) is 14.7 Å². The van der Waals surface area contributed by atoms with Gasteiger partial charge in [-0.25, -0.2) is 17.8 Å². The average Bonchev–Trinajstić information content (AvgIpc) is 3.34. The van der Waals surface area contributed by atoms with Gasteiger partial charge in [-0.05, 0) is 43.5 Å². The number of carbonyl (C=O) groups excluding carboxylic acids is 1. The van der Waals surface area contributed by atoms with Crippen LogP contribution in [-0.4, -0.2) is 56.6 Å². The highest BCUT2D eigenvalue weighted by Gasteiger charge is 2.40. The summed E-state index contributed by atoms with van der Waals surface area (Å²) in [6.07, 6.45) is 1.04. The number of nitrogens with one attached hydrogen (secondary N) is 1. The lowest BCUT2D eigenvalue weighted by molar-refractivity contribution is -0.127. The molecule has 1 saturated carbocycles. The number of amides is 1. The van der Waals surface area contributed by atoms with Crippen molar-refractivity contribution in [3.05, 3.63) is 35.9 Å². The van der Waals surface area contributed by atoms with Crippen molar-refractivity contribution in [3.63, 3.8) is 0 Å². The molecule has 0 spiro atoms. The molecule has 1 aliphatic carbocycles. The molecule has 0 radical (unpaired) electrons. The Balaban J connectivity index is 0.00000134. The van der Waals surface area contributed by atoms with E-state index >= 15 is 0 Å². The van der Waals surface area contributed by atoms with Crippen LogP contribution in [0.2, 0.25) is 0 Å². The fourth-order valence-corrected chi connectivity index (χ4v) is 6.10. The number of halogens is 1. The summed E-state index contributed by atoms with van der Waals surface area (Å²) in [4.78, 5) is 19.8. The minimum atomic E-state index is -2.97. The van der Waals surface area contributed by atoms with Gasteiger partial charge >= 0.3 is 0 Å². The van der Waals surface area contributed by atoms with Crippen molar-refractivity contribution in [3.8, 4) is 17.4 Å². The Hall–Kier alpha value is -2.93. The van der Waals surface area contributed by atoms with E-state index in [0.717, 1.165) is 11.3 Å². The molecule has 39 heavy (non-hydrogen) atoms. The van der Waals surface area contributed by atoms with E-state index in [1.807, 2.05) is 56.0 Å². The number of nitrogens with zero attached hydrogens (tertiary/aromatic N) is 3. The number of aromatic nitrogens is 1. The van der Waals surface area contributed by atoms with Crippen LogP contribution in [-0.2, 0) is 20.0 Å². The van der Waals surface area contributed by atoms with E-state index < -0.39 is 21.9 Å². The highest BCUT2D eigenvalue weighted by molar-refractivity contribution is 7.91. The summed E-state index contributed by atoms with van der Waals surface area (Å²) in [6.45, 7) is 11.0. The Morgan fingerprint density at radius 3 is 2.36 bits per heavy atom. The minimum absolute atomic E-state index is 0.0793. The van der Waals surface area contributed by atoms with Crippen LogP contribution >= 0.6 is 0 Å². The fraction of sp³-hybridized carbons (Fsp3) is 0.621. The molecule has 1 saturated heterocycles. The van der Waals surface area contributed by atoms with Crippen LogP contribution in [0.1, 0.15) is 77.8 Å². The standard InChI is InChI=1S/C26H33FN4O4S.C3H8/c1-26(2,3)25-30-22(20-9-6-18(27)16-21(20)24(32)29-11-10-28)23(35-25)17-4-7-19(8-5-17)31-12-14-36(33,34)15-13-31;1-3-2/h4-5,7-8,18,20-21H,6,9,11-16H2,1-3H3,(H,29,32);3H2,1-2H3/t18-,20+,21?;/m0./s1. The van der Waals surface area contributed by atoms with Gasteiger partial charge in [0, 0.05) is 41.6 Å². The number of alkyl halides is 1. The molecule has 0 bridgehead atoms. The number of hydrogen-bond donors (Lipinski definition) is 1. The second-order valence-corrected chi connectivity index (χ2v) is 13.7. The van der Waals surface area contributed by atoms with Crippen molar-refractivity contribution in [1.82, 2.24) is 10.3 Å². The molecule has 2 fully saturated rings. The van der Waals surface area contributed by atoms with E-state index in [1.54, 1.807) is 0 Å². The number of anilines is 1. The maximum Gasteiger partial charge on any atom is 0.224 e. The Bertz CT molecular complexity index is 1250. The van der Waals surface area contributed by atoms with E-state index in [1.165, 1.54) is 6.42 Å². The van der Waals surface area contributed by atoms with Crippen molar-refractivity contribution in [2.24, 2.45) is 5.92 Å². The molecule has 1 aromatic carbocycles. The molecule has 2 aromatic rings. The van der Waals surface area contributed by atoms with E-state index in [9.17, 15) is 17.6 Å². The second kappa shape index (κ2) is 12.9. The minimum Gasteiger partial charge on any atom is -0.440 e. The number of carbonyl (C=O) groups is 1. The number of sulfone groups is 1. The highest BCUT2D eigenvalue weighted by atomic mass is 32.2. The smallest absolute Gasteiger partial charge is 0.224 e. The van der Waals surface area contributed by atoms with Gasteiger partial charge in [0.15, 0.2) is 15.6 Å². The molecule has 10 heteroatoms. The molecular weight excluding hydrogens is 519 g/mol. The number of hydrogen-bond acceptors (Lipinski definition) is 7. The zero-order valence-corrected chi connectivity index (χ0v) is 24.5. The van der Waals surface area contributed by atoms with Crippen LogP contribution in [0.5, 0.6) is 0 Å². The molecule has 1 aliphatic heterocycles. The SMILES string of the molecule is CC(C)(C)c1nc([C@@H]2CC[C@H](F)CC2C(=O)NCC#N)c(-c2ccc(N3CCS(=O)(=O)CC3)cc2)o1.CCC. The third kappa shape index (κ3) is 7.81. The van der Waals surface area contributed by atoms with Crippen molar-refractivity contribution < 1.29 is 22.0 Å². The number of nitriles is 1. The summed E-state index contributed by atoms with van der Waals surface area (Å²) < 4.78 is 44.2. The van der Waals surface area contributed by atoms with Crippen molar-refractivity contribution >= 4 is 21.4 Å². The Morgan fingerprint density at radius 1 is 1.18 bits per heavy atom. The van der Waals surface area contributed by atoms with Crippen LogP contribution in [0.15, 0.2) is 28.7 Å². The molecule has 214 valence electrons. The summed E-state index contributed by atoms with van der Waals surface area (Å²) in [7, 11) is -2.97. The van der Waals surface area contributed by atoms with Crippen molar-refractivity contribution in [2.75, 3.05) is 36.0 Å². The van der Waals surface area contributed by atoms with Crippen LogP contribution in [0.25, 0.3) is 11.3 Å². The van der Waals surface area contributed by atoms with Gasteiger partial charge in [-0.2, -0.15) is 5.26 Å². The van der Waals surface area contributed by atoms with Gasteiger partial charge in [0.2, 0.25) is 11.8 Å². The van der Waals surface area contributed by atoms with Crippen molar-refractivity contribution in [1.29, 1.82) is 5.26 Å². The van der Waals surface area contributed by atoms with Gasteiger partial charge in [-0.3, -0.25) is 4.79 Å². The lowest BCUT2D eigenvalue weighted by Crippen LogP contribution is -2.40. The maximum absolute atomic E-state index is 14.4. The number of benzene rings is 1. The summed E-state index contributed by atoms with van der Waals surface area (Å²) in [5.74, 6) is 0.0612. The van der Waals surface area contributed by atoms with Crippen LogP contribution < -0.4 is 10.2 Å². The predicted octanol–water partition coefficient (Wildman–Crippen LogP) is 5.15. The first-order valence-corrected chi connectivity index (χ1v) is 15.6. The van der Waals surface area contributed by atoms with E-state index in [-0.39, 0.29) is 41.7 Å². The molecule has 3 atom stereocenters. The number of oxazole rings is 1. The van der Waals surface area contributed by atoms with Crippen LogP contribution in [0.3, 0.4) is 0 Å². The molecule has 1 aromatic heterocycles. The van der Waals surface area contributed by atoms with Gasteiger partial charge in [0.25, 0.3) is 0 Å². The third-order valence-electron chi connectivity index (χ3n) is 6.95. The quantitative estimate of drug-likeness (QED) is 0.503. The summed E-state index contributed by atoms with van der Waals surface area (Å²) in [5.41, 5.74) is 1.99. The predicted molar refractivity (Wildman–Crippen MR) is 151 cm³/mol. The molecule has 2 heterocycles. The lowest BCUT2D eigenvalue weighted by atomic mass is 9.75. The third-order valence-corrected chi connectivity index (χ3v) is 8.56. The molecule has 2 aliphatic rings. The van der Waals surface area contributed by atoms with Crippen LogP contribution in [0.4, 0.5) is 10.1 Å². The summed E-state index contributed by atoms with van der Waals surface area (Å²) >= 11 is 0. The first kappa shape index (κ1) is 30.6. The van der Waals surface area contributed by atoms with Crippen LogP contribution in [0, 0.1) is 17.2 Å². The highest BCUT2D eigenvalue weighted by Crippen LogP contribution is 2.44. The first-order chi connectivity index (χ1) is 18.4. The molecule has 1 N–H and O–H groups in total. The van der Waals surface area contributed by atoms with Gasteiger partial charge in [-0.15, -0.1) is 0 Å². The number of rotatable bonds is 5. The zero-order chi connectivity index (χ0) is 28.8. The summed E-state index contributed by atoms with van der Waals surface area (Å²) in [5, 5.41) is 11.5. The monoisotopic (exact) mass is 560 g/mol. The van der Waals surface area contributed by atoms with Gasteiger partial charge in [0.1, 0.15) is 12.7 Å². The van der Waals surface area contributed by atoms with E-state index in [0.29, 0.717) is 43.3 Å². The zero-order valence-electron chi connectivity index (χ0n) is 23.7. The Kier molecular flexibility index (Phi) is 10.2.